The fraction of sp³-hybridized carbons (Fsp3) is 0.250. The maximum absolute atomic E-state index is 11.5. The SMILES string of the molecule is NCCS(=O)(=O)c1ccc(Cl)c(Cl)c1. The van der Waals surface area contributed by atoms with Crippen LogP contribution >= 0.6 is 23.2 Å². The lowest BCUT2D eigenvalue weighted by Gasteiger charge is -2.03. The van der Waals surface area contributed by atoms with E-state index in [-0.39, 0.29) is 22.2 Å². The van der Waals surface area contributed by atoms with Crippen molar-refractivity contribution in [3.8, 4) is 0 Å². The number of hydrogen-bond donors (Lipinski definition) is 1. The van der Waals surface area contributed by atoms with Gasteiger partial charge in [0.1, 0.15) is 0 Å². The highest BCUT2D eigenvalue weighted by Gasteiger charge is 2.14. The molecule has 0 aliphatic heterocycles. The summed E-state index contributed by atoms with van der Waals surface area (Å²) in [7, 11) is -3.32. The van der Waals surface area contributed by atoms with E-state index < -0.39 is 9.84 Å². The summed E-state index contributed by atoms with van der Waals surface area (Å²) in [5.74, 6) is -0.0923. The summed E-state index contributed by atoms with van der Waals surface area (Å²) in [4.78, 5) is 0.150. The highest BCUT2D eigenvalue weighted by molar-refractivity contribution is 7.91. The second-order valence-electron chi connectivity index (χ2n) is 2.68. The van der Waals surface area contributed by atoms with Crippen molar-refractivity contribution in [2.75, 3.05) is 12.3 Å². The smallest absolute Gasteiger partial charge is 0.179 e. The Balaban J connectivity index is 3.15. The number of nitrogens with two attached hydrogens (primary N) is 1. The van der Waals surface area contributed by atoms with Crippen LogP contribution in [-0.4, -0.2) is 20.7 Å². The lowest BCUT2D eigenvalue weighted by Crippen LogP contribution is -2.15. The monoisotopic (exact) mass is 253 g/mol. The van der Waals surface area contributed by atoms with E-state index in [1.54, 1.807) is 0 Å². The van der Waals surface area contributed by atoms with Gasteiger partial charge in [-0.1, -0.05) is 23.2 Å². The summed E-state index contributed by atoms with van der Waals surface area (Å²) in [6, 6.07) is 4.20. The third-order valence-corrected chi connectivity index (χ3v) is 4.12. The van der Waals surface area contributed by atoms with E-state index in [1.165, 1.54) is 18.2 Å². The minimum atomic E-state index is -3.32. The summed E-state index contributed by atoms with van der Waals surface area (Å²) in [5.41, 5.74) is 5.18. The summed E-state index contributed by atoms with van der Waals surface area (Å²) in [5, 5.41) is 0.558. The van der Waals surface area contributed by atoms with Crippen LogP contribution in [0.25, 0.3) is 0 Å². The van der Waals surface area contributed by atoms with Gasteiger partial charge in [0.15, 0.2) is 9.84 Å². The minimum Gasteiger partial charge on any atom is -0.329 e. The molecule has 0 heterocycles. The fourth-order valence-electron chi connectivity index (χ4n) is 0.943. The van der Waals surface area contributed by atoms with Crippen molar-refractivity contribution in [1.29, 1.82) is 0 Å². The highest BCUT2D eigenvalue weighted by atomic mass is 35.5. The van der Waals surface area contributed by atoms with Crippen LogP contribution < -0.4 is 5.73 Å². The zero-order valence-corrected chi connectivity index (χ0v) is 9.53. The molecule has 0 bridgehead atoms. The van der Waals surface area contributed by atoms with Gasteiger partial charge in [0.25, 0.3) is 0 Å². The van der Waals surface area contributed by atoms with E-state index >= 15 is 0 Å². The first-order valence-electron chi connectivity index (χ1n) is 3.85. The molecule has 1 rings (SSSR count). The number of hydrogen-bond acceptors (Lipinski definition) is 3. The van der Waals surface area contributed by atoms with Crippen LogP contribution in [0.4, 0.5) is 0 Å². The molecule has 78 valence electrons. The Kier molecular flexibility index (Phi) is 3.78. The lowest BCUT2D eigenvalue weighted by molar-refractivity contribution is 0.596. The Morgan fingerprint density at radius 1 is 1.21 bits per heavy atom. The molecule has 0 aliphatic carbocycles. The molecule has 0 radical (unpaired) electrons. The van der Waals surface area contributed by atoms with Crippen molar-refractivity contribution in [2.45, 2.75) is 4.90 Å². The maximum Gasteiger partial charge on any atom is 0.179 e. The van der Waals surface area contributed by atoms with Crippen molar-refractivity contribution >= 4 is 33.0 Å². The number of benzene rings is 1. The molecule has 0 spiro atoms. The average Bonchev–Trinajstić information content (AvgIpc) is 2.09. The molecule has 6 heteroatoms. The van der Waals surface area contributed by atoms with Crippen molar-refractivity contribution in [1.82, 2.24) is 0 Å². The molecular formula is C8H9Cl2NO2S. The van der Waals surface area contributed by atoms with Gasteiger partial charge in [-0.15, -0.1) is 0 Å². The molecule has 1 aromatic rings. The molecule has 0 saturated carbocycles. The third-order valence-electron chi connectivity index (χ3n) is 1.64. The van der Waals surface area contributed by atoms with Crippen LogP contribution in [0.3, 0.4) is 0 Å². The van der Waals surface area contributed by atoms with Crippen LogP contribution in [-0.2, 0) is 9.84 Å². The van der Waals surface area contributed by atoms with E-state index in [4.69, 9.17) is 28.9 Å². The number of halogens is 2. The van der Waals surface area contributed by atoms with Gasteiger partial charge in [-0.05, 0) is 18.2 Å². The molecule has 0 unspecified atom stereocenters. The quantitative estimate of drug-likeness (QED) is 0.893. The van der Waals surface area contributed by atoms with Crippen LogP contribution in [0.15, 0.2) is 23.1 Å². The lowest BCUT2D eigenvalue weighted by atomic mass is 10.4. The van der Waals surface area contributed by atoms with E-state index in [0.29, 0.717) is 5.02 Å². The topological polar surface area (TPSA) is 60.2 Å². The van der Waals surface area contributed by atoms with Gasteiger partial charge in [0, 0.05) is 6.54 Å². The van der Waals surface area contributed by atoms with Gasteiger partial charge >= 0.3 is 0 Å². The summed E-state index contributed by atoms with van der Waals surface area (Å²) < 4.78 is 23.0. The van der Waals surface area contributed by atoms with Crippen LogP contribution in [0.5, 0.6) is 0 Å². The normalized spacial score (nSPS) is 11.6. The fourth-order valence-corrected chi connectivity index (χ4v) is 2.42. The Labute approximate surface area is 92.7 Å². The Hall–Kier alpha value is -0.290. The molecule has 0 amide bonds. The highest BCUT2D eigenvalue weighted by Crippen LogP contribution is 2.25. The van der Waals surface area contributed by atoms with Gasteiger partial charge < -0.3 is 5.73 Å². The third kappa shape index (κ3) is 2.60. The molecule has 2 N–H and O–H groups in total. The van der Waals surface area contributed by atoms with Crippen molar-refractivity contribution < 1.29 is 8.42 Å². The largest absolute Gasteiger partial charge is 0.329 e. The molecular weight excluding hydrogens is 245 g/mol. The van der Waals surface area contributed by atoms with Gasteiger partial charge in [0.2, 0.25) is 0 Å². The second-order valence-corrected chi connectivity index (χ2v) is 5.61. The first kappa shape index (κ1) is 11.8. The molecule has 0 atom stereocenters. The maximum atomic E-state index is 11.5. The predicted octanol–water partition coefficient (Wildman–Crippen LogP) is 1.73. The van der Waals surface area contributed by atoms with Crippen molar-refractivity contribution in [2.24, 2.45) is 5.73 Å². The van der Waals surface area contributed by atoms with E-state index in [2.05, 4.69) is 0 Å². The van der Waals surface area contributed by atoms with Crippen LogP contribution in [0.1, 0.15) is 0 Å². The molecule has 1 aromatic carbocycles. The molecule has 14 heavy (non-hydrogen) atoms. The van der Waals surface area contributed by atoms with Crippen LogP contribution in [0, 0.1) is 0 Å². The van der Waals surface area contributed by atoms with Gasteiger partial charge in [-0.3, -0.25) is 0 Å². The Morgan fingerprint density at radius 3 is 2.36 bits per heavy atom. The van der Waals surface area contributed by atoms with Gasteiger partial charge in [-0.2, -0.15) is 0 Å². The average molecular weight is 254 g/mol. The molecule has 3 nitrogen and oxygen atoms in total. The standard InChI is InChI=1S/C8H9Cl2NO2S/c9-7-2-1-6(5-8(7)10)14(12,13)4-3-11/h1-2,5H,3-4,11H2. The summed E-state index contributed by atoms with van der Waals surface area (Å²) in [6.07, 6.45) is 0. The zero-order valence-electron chi connectivity index (χ0n) is 7.20. The molecule has 0 aromatic heterocycles. The first-order valence-corrected chi connectivity index (χ1v) is 6.26. The Bertz CT molecular complexity index is 431. The number of sulfone groups is 1. The zero-order chi connectivity index (χ0) is 10.8. The van der Waals surface area contributed by atoms with Crippen molar-refractivity contribution in [3.63, 3.8) is 0 Å². The van der Waals surface area contributed by atoms with E-state index in [0.717, 1.165) is 0 Å². The number of rotatable bonds is 3. The minimum absolute atomic E-state index is 0.0859. The Morgan fingerprint density at radius 2 is 1.86 bits per heavy atom. The molecule has 0 aliphatic rings. The predicted molar refractivity (Wildman–Crippen MR) is 57.6 cm³/mol. The first-order chi connectivity index (χ1) is 6.47. The van der Waals surface area contributed by atoms with Gasteiger partial charge in [0.05, 0.1) is 20.7 Å². The second kappa shape index (κ2) is 4.49. The molecule has 0 saturated heterocycles. The van der Waals surface area contributed by atoms with E-state index in [9.17, 15) is 8.42 Å². The van der Waals surface area contributed by atoms with Crippen LogP contribution in [0.2, 0.25) is 10.0 Å². The van der Waals surface area contributed by atoms with Gasteiger partial charge in [-0.25, -0.2) is 8.42 Å². The summed E-state index contributed by atoms with van der Waals surface area (Å²) in [6.45, 7) is 0.0859. The van der Waals surface area contributed by atoms with E-state index in [1.807, 2.05) is 0 Å². The molecule has 0 fully saturated rings. The van der Waals surface area contributed by atoms with Crippen molar-refractivity contribution in [3.05, 3.63) is 28.2 Å². The summed E-state index contributed by atoms with van der Waals surface area (Å²) >= 11 is 11.3.